The molecule has 0 aliphatic carbocycles. The third-order valence-electron chi connectivity index (χ3n) is 7.72. The molecule has 0 aliphatic rings. The monoisotopic (exact) mass is 577 g/mol. The number of carbonyl (C=O) groups excluding carboxylic acids is 2. The molecular formula is C33H43N3O4S. The van der Waals surface area contributed by atoms with Crippen molar-refractivity contribution in [1.82, 2.24) is 10.2 Å². The van der Waals surface area contributed by atoms with Crippen LogP contribution in [0.5, 0.6) is 0 Å². The van der Waals surface area contributed by atoms with E-state index in [0.717, 1.165) is 34.2 Å². The first-order chi connectivity index (χ1) is 19.4. The van der Waals surface area contributed by atoms with Gasteiger partial charge in [0.1, 0.15) is 12.6 Å². The highest BCUT2D eigenvalue weighted by atomic mass is 32.2. The van der Waals surface area contributed by atoms with E-state index in [1.807, 2.05) is 78.8 Å². The molecule has 3 aromatic rings. The minimum Gasteiger partial charge on any atom is -0.352 e. The second-order valence-electron chi connectivity index (χ2n) is 10.7. The van der Waals surface area contributed by atoms with Crippen molar-refractivity contribution in [3.63, 3.8) is 0 Å². The Balaban J connectivity index is 2.11. The fraction of sp³-hybridized carbons (Fsp3) is 0.394. The number of sulfonamides is 1. The Morgan fingerprint density at radius 3 is 2.07 bits per heavy atom. The molecule has 8 heteroatoms. The molecular weight excluding hydrogens is 534 g/mol. The average Bonchev–Trinajstić information content (AvgIpc) is 2.94. The van der Waals surface area contributed by atoms with Crippen molar-refractivity contribution in [2.24, 2.45) is 0 Å². The lowest BCUT2D eigenvalue weighted by Crippen LogP contribution is -2.53. The van der Waals surface area contributed by atoms with Gasteiger partial charge in [-0.2, -0.15) is 0 Å². The van der Waals surface area contributed by atoms with Gasteiger partial charge in [0.25, 0.3) is 10.0 Å². The van der Waals surface area contributed by atoms with Crippen LogP contribution >= 0.6 is 0 Å². The van der Waals surface area contributed by atoms with Gasteiger partial charge in [-0.05, 0) is 87.9 Å². The van der Waals surface area contributed by atoms with Crippen molar-refractivity contribution < 1.29 is 18.0 Å². The third kappa shape index (κ3) is 7.55. The predicted molar refractivity (Wildman–Crippen MR) is 165 cm³/mol. The summed E-state index contributed by atoms with van der Waals surface area (Å²) in [7, 11) is -4.11. The van der Waals surface area contributed by atoms with Crippen LogP contribution in [0.15, 0.2) is 71.6 Å². The fourth-order valence-corrected chi connectivity index (χ4v) is 6.16. The van der Waals surface area contributed by atoms with Crippen LogP contribution in [-0.2, 0) is 26.2 Å². The molecule has 2 amide bonds. The van der Waals surface area contributed by atoms with Crippen LogP contribution in [0.3, 0.4) is 0 Å². The van der Waals surface area contributed by atoms with Gasteiger partial charge in [-0.1, -0.05) is 67.9 Å². The van der Waals surface area contributed by atoms with Crippen LogP contribution < -0.4 is 9.62 Å². The maximum absolute atomic E-state index is 14.3. The van der Waals surface area contributed by atoms with Crippen molar-refractivity contribution in [2.45, 2.75) is 84.8 Å². The van der Waals surface area contributed by atoms with Crippen LogP contribution in [0.4, 0.5) is 5.69 Å². The standard InChI is InChI=1S/C33H43N3O4S/c1-8-26(6)34-33(38)30(9-2)35(21-28-15-11-10-13-25(28)5)32(37)22-36(31-16-12-14-24(4)27(31)7)41(39,40)29-19-17-23(3)18-20-29/h10-20,26,30H,8-9,21-22H2,1-7H3,(H,34,38). The number of hydrogen-bond acceptors (Lipinski definition) is 4. The van der Waals surface area contributed by atoms with E-state index in [2.05, 4.69) is 5.32 Å². The van der Waals surface area contributed by atoms with Gasteiger partial charge in [-0.3, -0.25) is 13.9 Å². The molecule has 0 aliphatic heterocycles. The highest BCUT2D eigenvalue weighted by Gasteiger charge is 2.34. The van der Waals surface area contributed by atoms with E-state index in [9.17, 15) is 18.0 Å². The maximum atomic E-state index is 14.3. The number of benzene rings is 3. The number of nitrogens with zero attached hydrogens (tertiary/aromatic N) is 2. The molecule has 0 bridgehead atoms. The summed E-state index contributed by atoms with van der Waals surface area (Å²) in [5, 5.41) is 3.01. The molecule has 3 aromatic carbocycles. The predicted octanol–water partition coefficient (Wildman–Crippen LogP) is 5.84. The smallest absolute Gasteiger partial charge is 0.264 e. The second-order valence-corrected chi connectivity index (χ2v) is 12.6. The van der Waals surface area contributed by atoms with E-state index in [-0.39, 0.29) is 23.4 Å². The Labute approximate surface area is 245 Å². The number of carbonyl (C=O) groups is 2. The minimum atomic E-state index is -4.11. The summed E-state index contributed by atoms with van der Waals surface area (Å²) in [5.74, 6) is -0.695. The lowest BCUT2D eigenvalue weighted by atomic mass is 10.1. The van der Waals surface area contributed by atoms with Crippen LogP contribution in [0.1, 0.15) is 61.4 Å². The minimum absolute atomic E-state index is 0.0553. The molecule has 2 atom stereocenters. The third-order valence-corrected chi connectivity index (χ3v) is 9.50. The van der Waals surface area contributed by atoms with Gasteiger partial charge in [0.2, 0.25) is 11.8 Å². The topological polar surface area (TPSA) is 86.8 Å². The first-order valence-corrected chi connectivity index (χ1v) is 15.6. The summed E-state index contributed by atoms with van der Waals surface area (Å²) < 4.78 is 29.4. The zero-order valence-corrected chi connectivity index (χ0v) is 26.1. The van der Waals surface area contributed by atoms with Crippen molar-refractivity contribution >= 4 is 27.5 Å². The normalized spacial score (nSPS) is 12.9. The first kappa shape index (κ1) is 31.9. The number of hydrogen-bond donors (Lipinski definition) is 1. The molecule has 0 aromatic heterocycles. The lowest BCUT2D eigenvalue weighted by Gasteiger charge is -2.34. The molecule has 0 saturated heterocycles. The molecule has 3 rings (SSSR count). The van der Waals surface area contributed by atoms with Crippen LogP contribution in [0.25, 0.3) is 0 Å². The Bertz CT molecular complexity index is 1470. The van der Waals surface area contributed by atoms with E-state index in [4.69, 9.17) is 0 Å². The van der Waals surface area contributed by atoms with Gasteiger partial charge in [0.15, 0.2) is 0 Å². The van der Waals surface area contributed by atoms with Crippen molar-refractivity contribution in [3.8, 4) is 0 Å². The second kappa shape index (κ2) is 13.8. The molecule has 0 fully saturated rings. The summed E-state index contributed by atoms with van der Waals surface area (Å²) in [6, 6.07) is 18.9. The summed E-state index contributed by atoms with van der Waals surface area (Å²) in [6.07, 6.45) is 1.14. The average molecular weight is 578 g/mol. The Morgan fingerprint density at radius 2 is 1.46 bits per heavy atom. The molecule has 0 radical (unpaired) electrons. The first-order valence-electron chi connectivity index (χ1n) is 14.2. The Morgan fingerprint density at radius 1 is 0.829 bits per heavy atom. The van der Waals surface area contributed by atoms with E-state index >= 15 is 0 Å². The number of nitrogens with one attached hydrogen (secondary N) is 1. The summed E-state index contributed by atoms with van der Waals surface area (Å²) in [4.78, 5) is 29.3. The molecule has 2 unspecified atom stereocenters. The van der Waals surface area contributed by atoms with Crippen molar-refractivity contribution in [1.29, 1.82) is 0 Å². The Hall–Kier alpha value is -3.65. The summed E-state index contributed by atoms with van der Waals surface area (Å²) in [5.41, 5.74) is 4.93. The molecule has 0 saturated carbocycles. The number of anilines is 1. The molecule has 41 heavy (non-hydrogen) atoms. The maximum Gasteiger partial charge on any atom is 0.264 e. The van der Waals surface area contributed by atoms with Crippen molar-refractivity contribution in [2.75, 3.05) is 10.8 Å². The molecule has 0 spiro atoms. The van der Waals surface area contributed by atoms with Crippen LogP contribution in [-0.4, -0.2) is 43.8 Å². The van der Waals surface area contributed by atoms with E-state index in [1.165, 1.54) is 9.21 Å². The molecule has 220 valence electrons. The number of amides is 2. The van der Waals surface area contributed by atoms with Gasteiger partial charge >= 0.3 is 0 Å². The zero-order chi connectivity index (χ0) is 30.3. The molecule has 1 N–H and O–H groups in total. The van der Waals surface area contributed by atoms with E-state index in [0.29, 0.717) is 12.1 Å². The van der Waals surface area contributed by atoms with E-state index < -0.39 is 28.5 Å². The number of rotatable bonds is 12. The van der Waals surface area contributed by atoms with Gasteiger partial charge in [-0.15, -0.1) is 0 Å². The quantitative estimate of drug-likeness (QED) is 0.293. The fourth-order valence-electron chi connectivity index (χ4n) is 4.69. The highest BCUT2D eigenvalue weighted by Crippen LogP contribution is 2.29. The van der Waals surface area contributed by atoms with Crippen LogP contribution in [0, 0.1) is 27.7 Å². The highest BCUT2D eigenvalue weighted by molar-refractivity contribution is 7.92. The molecule has 0 heterocycles. The summed E-state index contributed by atoms with van der Waals surface area (Å²) >= 11 is 0. The van der Waals surface area contributed by atoms with E-state index in [1.54, 1.807) is 36.4 Å². The van der Waals surface area contributed by atoms with Gasteiger partial charge in [0.05, 0.1) is 10.6 Å². The zero-order valence-electron chi connectivity index (χ0n) is 25.3. The van der Waals surface area contributed by atoms with Gasteiger partial charge in [-0.25, -0.2) is 8.42 Å². The van der Waals surface area contributed by atoms with Crippen LogP contribution in [0.2, 0.25) is 0 Å². The SMILES string of the molecule is CCC(C)NC(=O)C(CC)N(Cc1ccccc1C)C(=O)CN(c1cccc(C)c1C)S(=O)(=O)c1ccc(C)cc1. The van der Waals surface area contributed by atoms with Gasteiger partial charge < -0.3 is 10.2 Å². The Kier molecular flexibility index (Phi) is 10.7. The molecule has 7 nitrogen and oxygen atoms in total. The largest absolute Gasteiger partial charge is 0.352 e. The van der Waals surface area contributed by atoms with Gasteiger partial charge in [0, 0.05) is 12.6 Å². The number of aryl methyl sites for hydroxylation is 3. The lowest BCUT2D eigenvalue weighted by molar-refractivity contribution is -0.140. The summed E-state index contributed by atoms with van der Waals surface area (Å²) in [6.45, 7) is 13.1. The van der Waals surface area contributed by atoms with Crippen molar-refractivity contribution in [3.05, 3.63) is 94.5 Å².